The van der Waals surface area contributed by atoms with Crippen LogP contribution in [0.1, 0.15) is 40.5 Å². The highest BCUT2D eigenvalue weighted by Crippen LogP contribution is 2.23. The van der Waals surface area contributed by atoms with Crippen LogP contribution in [0.3, 0.4) is 0 Å². The minimum atomic E-state index is -0.643. The Kier molecular flexibility index (Phi) is 8.53. The first-order chi connectivity index (χ1) is 9.29. The number of amides is 1. The number of halogens is 1. The Morgan fingerprint density at radius 1 is 1.43 bits per heavy atom. The van der Waals surface area contributed by atoms with E-state index in [-0.39, 0.29) is 35.5 Å². The average Bonchev–Trinajstić information content (AvgIpc) is 2.80. The third-order valence-corrected chi connectivity index (χ3v) is 3.57. The van der Waals surface area contributed by atoms with Gasteiger partial charge >= 0.3 is 0 Å². The molecule has 1 unspecified atom stereocenters. The van der Waals surface area contributed by atoms with E-state index in [0.717, 1.165) is 26.0 Å². The molecule has 1 aliphatic rings. The molecule has 1 atom stereocenters. The molecule has 4 N–H and O–H groups in total. The van der Waals surface area contributed by atoms with Crippen LogP contribution in [0.25, 0.3) is 0 Å². The Morgan fingerprint density at radius 2 is 2.10 bits per heavy atom. The van der Waals surface area contributed by atoms with Gasteiger partial charge in [-0.15, -0.1) is 24.0 Å². The Labute approximate surface area is 144 Å². The van der Waals surface area contributed by atoms with Gasteiger partial charge in [0.2, 0.25) is 5.91 Å². The van der Waals surface area contributed by atoms with Crippen molar-refractivity contribution in [2.75, 3.05) is 26.2 Å². The standard InChI is InChI=1S/C14H28N4O2.HI/c1-5-16-12(17-9-13(2,3)11(15)19)18-10-14(4)7-6-8-20-14;/h5-10H2,1-4H3,(H2,15,19)(H2,16,17,18);1H. The van der Waals surface area contributed by atoms with Crippen molar-refractivity contribution in [1.82, 2.24) is 10.6 Å². The zero-order valence-corrected chi connectivity index (χ0v) is 15.8. The van der Waals surface area contributed by atoms with Gasteiger partial charge in [-0.25, -0.2) is 0 Å². The van der Waals surface area contributed by atoms with Gasteiger partial charge in [-0.05, 0) is 40.5 Å². The van der Waals surface area contributed by atoms with E-state index in [1.807, 2.05) is 6.92 Å². The molecular weight excluding hydrogens is 383 g/mol. The monoisotopic (exact) mass is 412 g/mol. The molecule has 0 bridgehead atoms. The van der Waals surface area contributed by atoms with E-state index in [1.54, 1.807) is 13.8 Å². The molecule has 1 heterocycles. The normalized spacial score (nSPS) is 22.6. The summed E-state index contributed by atoms with van der Waals surface area (Å²) in [7, 11) is 0. The highest BCUT2D eigenvalue weighted by Gasteiger charge is 2.30. The fourth-order valence-corrected chi connectivity index (χ4v) is 1.94. The smallest absolute Gasteiger partial charge is 0.224 e. The van der Waals surface area contributed by atoms with Gasteiger partial charge in [-0.2, -0.15) is 0 Å². The third-order valence-electron chi connectivity index (χ3n) is 3.57. The number of aliphatic imine (C=N–C) groups is 1. The maximum Gasteiger partial charge on any atom is 0.224 e. The lowest BCUT2D eigenvalue weighted by Gasteiger charge is -2.25. The summed E-state index contributed by atoms with van der Waals surface area (Å²) in [5.74, 6) is 0.349. The summed E-state index contributed by atoms with van der Waals surface area (Å²) in [5.41, 5.74) is 4.58. The van der Waals surface area contributed by atoms with Gasteiger partial charge in [0.15, 0.2) is 5.96 Å². The molecule has 1 fully saturated rings. The van der Waals surface area contributed by atoms with Crippen molar-refractivity contribution >= 4 is 35.8 Å². The first-order valence-electron chi connectivity index (χ1n) is 7.25. The van der Waals surface area contributed by atoms with Crippen LogP contribution in [0.5, 0.6) is 0 Å². The van der Waals surface area contributed by atoms with Crippen molar-refractivity contribution in [3.05, 3.63) is 0 Å². The quantitative estimate of drug-likeness (QED) is 0.348. The molecule has 1 rings (SSSR count). The molecule has 124 valence electrons. The van der Waals surface area contributed by atoms with Crippen LogP contribution < -0.4 is 16.4 Å². The second-order valence-electron chi connectivity index (χ2n) is 6.20. The molecule has 0 spiro atoms. The lowest BCUT2D eigenvalue weighted by Crippen LogP contribution is -2.46. The fourth-order valence-electron chi connectivity index (χ4n) is 1.94. The van der Waals surface area contributed by atoms with E-state index in [1.165, 1.54) is 0 Å². The summed E-state index contributed by atoms with van der Waals surface area (Å²) < 4.78 is 5.73. The number of primary amides is 1. The summed E-state index contributed by atoms with van der Waals surface area (Å²) in [6.45, 7) is 10.3. The molecule has 1 aliphatic heterocycles. The topological polar surface area (TPSA) is 88.7 Å². The summed E-state index contributed by atoms with van der Waals surface area (Å²) in [5, 5.41) is 6.44. The average molecular weight is 412 g/mol. The highest BCUT2D eigenvalue weighted by atomic mass is 127. The Balaban J connectivity index is 0.00000400. The van der Waals surface area contributed by atoms with Crippen LogP contribution in [0.2, 0.25) is 0 Å². The molecule has 21 heavy (non-hydrogen) atoms. The second-order valence-corrected chi connectivity index (χ2v) is 6.20. The maximum absolute atomic E-state index is 11.3. The zero-order chi connectivity index (χ0) is 15.2. The number of rotatable bonds is 6. The molecule has 7 heteroatoms. The molecular formula is C14H29IN4O2. The van der Waals surface area contributed by atoms with Crippen LogP contribution in [0.4, 0.5) is 0 Å². The Morgan fingerprint density at radius 3 is 2.57 bits per heavy atom. The number of hydrogen-bond acceptors (Lipinski definition) is 3. The van der Waals surface area contributed by atoms with Crippen molar-refractivity contribution in [1.29, 1.82) is 0 Å². The first kappa shape index (κ1) is 20.4. The molecule has 6 nitrogen and oxygen atoms in total. The highest BCUT2D eigenvalue weighted by molar-refractivity contribution is 14.0. The van der Waals surface area contributed by atoms with Gasteiger partial charge in [0, 0.05) is 19.7 Å². The van der Waals surface area contributed by atoms with Crippen LogP contribution >= 0.6 is 24.0 Å². The summed E-state index contributed by atoms with van der Waals surface area (Å²) in [6.07, 6.45) is 2.15. The number of carbonyl (C=O) groups excluding carboxylic acids is 1. The van der Waals surface area contributed by atoms with Gasteiger partial charge in [0.05, 0.1) is 17.6 Å². The number of ether oxygens (including phenoxy) is 1. The van der Waals surface area contributed by atoms with Crippen LogP contribution in [0.15, 0.2) is 4.99 Å². The van der Waals surface area contributed by atoms with Crippen molar-refractivity contribution in [2.24, 2.45) is 16.1 Å². The third kappa shape index (κ3) is 6.82. The van der Waals surface area contributed by atoms with Crippen molar-refractivity contribution < 1.29 is 9.53 Å². The molecule has 0 radical (unpaired) electrons. The number of nitrogens with zero attached hydrogens (tertiary/aromatic N) is 1. The predicted octanol–water partition coefficient (Wildman–Crippen LogP) is 1.24. The van der Waals surface area contributed by atoms with Gasteiger partial charge in [0.1, 0.15) is 0 Å². The molecule has 0 aromatic heterocycles. The van der Waals surface area contributed by atoms with Crippen LogP contribution in [-0.4, -0.2) is 43.7 Å². The first-order valence-corrected chi connectivity index (χ1v) is 7.25. The number of nitrogens with two attached hydrogens (primary N) is 1. The molecule has 0 aromatic carbocycles. The van der Waals surface area contributed by atoms with Gasteiger partial charge < -0.3 is 21.1 Å². The molecule has 1 amide bonds. The SMILES string of the molecule is CCNC(=NCC(C)(C)C(N)=O)NCC1(C)CCCO1.I. The Bertz CT molecular complexity index is 366. The number of nitrogens with one attached hydrogen (secondary N) is 2. The minimum Gasteiger partial charge on any atom is -0.373 e. The van der Waals surface area contributed by atoms with E-state index in [4.69, 9.17) is 10.5 Å². The van der Waals surface area contributed by atoms with Gasteiger partial charge in [-0.3, -0.25) is 9.79 Å². The van der Waals surface area contributed by atoms with E-state index in [2.05, 4.69) is 22.5 Å². The fraction of sp³-hybridized carbons (Fsp3) is 0.857. The van der Waals surface area contributed by atoms with E-state index >= 15 is 0 Å². The van der Waals surface area contributed by atoms with Gasteiger partial charge in [-0.1, -0.05) is 0 Å². The number of hydrogen-bond donors (Lipinski definition) is 3. The van der Waals surface area contributed by atoms with Crippen LogP contribution in [0, 0.1) is 5.41 Å². The summed E-state index contributed by atoms with van der Waals surface area (Å²) in [6, 6.07) is 0. The second kappa shape index (κ2) is 8.77. The lowest BCUT2D eigenvalue weighted by molar-refractivity contribution is -0.125. The predicted molar refractivity (Wildman–Crippen MR) is 96.0 cm³/mol. The zero-order valence-electron chi connectivity index (χ0n) is 13.5. The van der Waals surface area contributed by atoms with Crippen molar-refractivity contribution in [3.63, 3.8) is 0 Å². The maximum atomic E-state index is 11.3. The molecule has 0 aromatic rings. The van der Waals surface area contributed by atoms with E-state index < -0.39 is 5.41 Å². The van der Waals surface area contributed by atoms with E-state index in [0.29, 0.717) is 19.0 Å². The summed E-state index contributed by atoms with van der Waals surface area (Å²) >= 11 is 0. The van der Waals surface area contributed by atoms with Crippen molar-refractivity contribution in [2.45, 2.75) is 46.1 Å². The minimum absolute atomic E-state index is 0. The summed E-state index contributed by atoms with van der Waals surface area (Å²) in [4.78, 5) is 15.7. The number of guanidine groups is 1. The molecule has 0 aliphatic carbocycles. The number of carbonyl (C=O) groups is 1. The lowest BCUT2D eigenvalue weighted by atomic mass is 9.93. The molecule has 1 saturated heterocycles. The molecule has 0 saturated carbocycles. The van der Waals surface area contributed by atoms with Crippen LogP contribution in [-0.2, 0) is 9.53 Å². The largest absolute Gasteiger partial charge is 0.373 e. The van der Waals surface area contributed by atoms with Crippen molar-refractivity contribution in [3.8, 4) is 0 Å². The van der Waals surface area contributed by atoms with Gasteiger partial charge in [0.25, 0.3) is 0 Å². The Hall–Kier alpha value is -0.570. The van der Waals surface area contributed by atoms with E-state index in [9.17, 15) is 4.79 Å².